The molecule has 0 radical (unpaired) electrons. The summed E-state index contributed by atoms with van der Waals surface area (Å²) in [5.74, 6) is 0.857. The first kappa shape index (κ1) is 27.4. The van der Waals surface area contributed by atoms with Crippen molar-refractivity contribution >= 4 is 62.2 Å². The third kappa shape index (κ3) is 8.16. The van der Waals surface area contributed by atoms with E-state index in [4.69, 9.17) is 22.4 Å². The van der Waals surface area contributed by atoms with Crippen molar-refractivity contribution < 1.29 is 27.5 Å². The van der Waals surface area contributed by atoms with E-state index >= 15 is 0 Å². The number of anilines is 4. The van der Waals surface area contributed by atoms with E-state index in [9.17, 15) is 5.11 Å². The van der Waals surface area contributed by atoms with E-state index < -0.39 is 0 Å². The van der Waals surface area contributed by atoms with E-state index in [1.54, 1.807) is 12.1 Å². The number of ether oxygens (including phenoxy) is 1. The Bertz CT molecular complexity index is 1580. The maximum Gasteiger partial charge on any atom is 0.323 e. The average Bonchev–Trinajstić information content (AvgIpc) is 3.66. The molecule has 0 amide bonds. The number of phenols is 1. The van der Waals surface area contributed by atoms with Crippen molar-refractivity contribution in [1.82, 2.24) is 30.4 Å². The van der Waals surface area contributed by atoms with Crippen molar-refractivity contribution in [1.29, 1.82) is 0 Å². The molecule has 39 heavy (non-hydrogen) atoms. The van der Waals surface area contributed by atoms with Gasteiger partial charge < -0.3 is 27.5 Å². The van der Waals surface area contributed by atoms with Crippen molar-refractivity contribution in [3.63, 3.8) is 0 Å². The molecule has 3 N–H and O–H groups in total. The summed E-state index contributed by atoms with van der Waals surface area (Å²) >= 11 is 3.27. The molecule has 0 aliphatic rings. The molecule has 0 atom stereocenters. The quantitative estimate of drug-likeness (QED) is 0.184. The maximum absolute atomic E-state index is 9.25. The highest BCUT2D eigenvalue weighted by molar-refractivity contribution is 9.09. The van der Waals surface area contributed by atoms with Gasteiger partial charge in [-0.2, -0.15) is 9.97 Å². The molecule has 0 fully saturated rings. The molecule has 4 heterocycles. The van der Waals surface area contributed by atoms with Crippen molar-refractivity contribution in [2.45, 2.75) is 38.6 Å². The number of alkyl halides is 1. The first-order valence-corrected chi connectivity index (χ1v) is 12.5. The maximum atomic E-state index is 9.25. The fourth-order valence-electron chi connectivity index (χ4n) is 2.91. The van der Waals surface area contributed by atoms with Gasteiger partial charge in [0.1, 0.15) is 22.5 Å². The number of halogens is 1. The number of nitrogens with zero attached hydrogens (tertiary/aromatic N) is 6. The largest absolute Gasteiger partial charge is 0.508 e. The van der Waals surface area contributed by atoms with Crippen molar-refractivity contribution in [3.05, 3.63) is 49.2 Å². The first-order valence-electron chi connectivity index (χ1n) is 11.6. The van der Waals surface area contributed by atoms with Gasteiger partial charge >= 0.3 is 24.1 Å². The van der Waals surface area contributed by atoms with Crippen LogP contribution in [0.15, 0.2) is 66.9 Å². The number of nitrogens with one attached hydrogen (secondary N) is 2. The lowest BCUT2D eigenvalue weighted by Gasteiger charge is -2.08. The predicted octanol–water partition coefficient (Wildman–Crippen LogP) is 6.19. The Morgan fingerprint density at radius 1 is 0.769 bits per heavy atom. The number of aromatic nitrogens is 6. The lowest BCUT2D eigenvalue weighted by atomic mass is 10.3. The van der Waals surface area contributed by atoms with Crippen LogP contribution in [0.4, 0.5) is 24.1 Å². The van der Waals surface area contributed by atoms with Crippen LogP contribution in [-0.4, -0.2) is 46.4 Å². The first-order chi connectivity index (χ1) is 18.7. The Balaban J connectivity index is 0.000000161. The molecule has 15 heteroatoms. The van der Waals surface area contributed by atoms with Crippen molar-refractivity contribution in [3.8, 4) is 11.5 Å². The molecule has 0 saturated heterocycles. The standard InChI is InChI=1S/C12H12N4O3.C9H6N4O3.C3H7Br/c1-7(2)18-8-3-4-9-10(5-8)19-11(14-9)15-12-16-13-6-17-12;14-5-1-2-6-7(3-5)16-8(11-6)12-9-13-10-4-15-9;1-3(2)4/h3-7H,1-2H3,(H,14,15,16);1-4,14H,(H,11,12,13);3H,1-2H3. The van der Waals surface area contributed by atoms with Crippen LogP contribution in [0.2, 0.25) is 0 Å². The fraction of sp³-hybridized carbons (Fsp3) is 0.250. The minimum Gasteiger partial charge on any atom is -0.508 e. The second kappa shape index (κ2) is 12.7. The summed E-state index contributed by atoms with van der Waals surface area (Å²) in [6.45, 7) is 8.10. The van der Waals surface area contributed by atoms with Crippen LogP contribution in [0.1, 0.15) is 27.7 Å². The van der Waals surface area contributed by atoms with Gasteiger partial charge in [0.15, 0.2) is 11.2 Å². The Morgan fingerprint density at radius 2 is 1.28 bits per heavy atom. The molecule has 0 unspecified atom stereocenters. The molecular formula is C24H25BrN8O6. The highest BCUT2D eigenvalue weighted by Crippen LogP contribution is 2.26. The highest BCUT2D eigenvalue weighted by Gasteiger charge is 2.10. The molecular weight excluding hydrogens is 576 g/mol. The number of aromatic hydroxyl groups is 1. The van der Waals surface area contributed by atoms with E-state index in [1.807, 2.05) is 26.0 Å². The van der Waals surface area contributed by atoms with Crippen LogP contribution in [-0.2, 0) is 0 Å². The van der Waals surface area contributed by atoms with Crippen LogP contribution in [0.25, 0.3) is 22.2 Å². The van der Waals surface area contributed by atoms with Gasteiger partial charge in [-0.1, -0.05) is 40.0 Å². The van der Waals surface area contributed by atoms with Crippen LogP contribution >= 0.6 is 15.9 Å². The summed E-state index contributed by atoms with van der Waals surface area (Å²) in [5.41, 5.74) is 2.44. The Labute approximate surface area is 229 Å². The number of hydrogen-bond donors (Lipinski definition) is 3. The molecule has 14 nitrogen and oxygen atoms in total. The van der Waals surface area contributed by atoms with E-state index in [0.29, 0.717) is 27.5 Å². The second-order valence-corrected chi connectivity index (χ2v) is 10.1. The zero-order valence-corrected chi connectivity index (χ0v) is 22.9. The Kier molecular flexibility index (Phi) is 8.94. The molecule has 0 spiro atoms. The molecule has 2 aromatic carbocycles. The smallest absolute Gasteiger partial charge is 0.323 e. The van der Waals surface area contributed by atoms with Gasteiger partial charge in [-0.15, -0.1) is 10.2 Å². The number of rotatable bonds is 6. The van der Waals surface area contributed by atoms with E-state index in [2.05, 4.69) is 70.8 Å². The van der Waals surface area contributed by atoms with Crippen LogP contribution in [0.5, 0.6) is 11.5 Å². The summed E-state index contributed by atoms with van der Waals surface area (Å²) in [5, 5.41) is 29.1. The minimum absolute atomic E-state index is 0.108. The summed E-state index contributed by atoms with van der Waals surface area (Å²) < 4.78 is 26.3. The van der Waals surface area contributed by atoms with E-state index in [1.165, 1.54) is 24.9 Å². The molecule has 6 rings (SSSR count). The molecule has 0 saturated carbocycles. The highest BCUT2D eigenvalue weighted by atomic mass is 79.9. The third-order valence-corrected chi connectivity index (χ3v) is 4.25. The lowest BCUT2D eigenvalue weighted by molar-refractivity contribution is 0.242. The molecule has 204 valence electrons. The van der Waals surface area contributed by atoms with Crippen LogP contribution < -0.4 is 15.4 Å². The van der Waals surface area contributed by atoms with Gasteiger partial charge in [-0.05, 0) is 38.1 Å². The Morgan fingerprint density at radius 3 is 1.77 bits per heavy atom. The number of fused-ring (bicyclic) bond motifs is 2. The zero-order valence-electron chi connectivity index (χ0n) is 21.3. The monoisotopic (exact) mass is 600 g/mol. The van der Waals surface area contributed by atoms with Crippen LogP contribution in [0.3, 0.4) is 0 Å². The Hall–Kier alpha value is -4.66. The summed E-state index contributed by atoms with van der Waals surface area (Å²) in [4.78, 5) is 9.00. The summed E-state index contributed by atoms with van der Waals surface area (Å²) in [6.07, 6.45) is 2.52. The normalized spacial score (nSPS) is 10.7. The predicted molar refractivity (Wildman–Crippen MR) is 145 cm³/mol. The summed E-state index contributed by atoms with van der Waals surface area (Å²) in [6, 6.07) is 11.1. The SMILES string of the molecule is CC(C)Br.CC(C)Oc1ccc2nc(Nc3nnco3)oc2c1.Oc1ccc2nc(Nc3nnco3)oc2c1. The molecule has 0 aliphatic heterocycles. The molecule has 4 aromatic heterocycles. The van der Waals surface area contributed by atoms with E-state index in [0.717, 1.165) is 11.3 Å². The van der Waals surface area contributed by atoms with Gasteiger partial charge in [-0.3, -0.25) is 10.6 Å². The van der Waals surface area contributed by atoms with Crippen molar-refractivity contribution in [2.75, 3.05) is 10.6 Å². The third-order valence-electron chi connectivity index (χ3n) is 4.25. The zero-order chi connectivity index (χ0) is 27.8. The van der Waals surface area contributed by atoms with Crippen LogP contribution in [0, 0.1) is 0 Å². The lowest BCUT2D eigenvalue weighted by Crippen LogP contribution is -2.04. The average molecular weight is 601 g/mol. The van der Waals surface area contributed by atoms with Crippen molar-refractivity contribution in [2.24, 2.45) is 0 Å². The van der Waals surface area contributed by atoms with Gasteiger partial charge in [0.2, 0.25) is 12.8 Å². The van der Waals surface area contributed by atoms with Gasteiger partial charge in [0.05, 0.1) is 6.10 Å². The topological polar surface area (TPSA) is 183 Å². The molecule has 0 bridgehead atoms. The number of oxazole rings is 2. The molecule has 6 aromatic rings. The number of benzene rings is 2. The second-order valence-electron chi connectivity index (χ2n) is 8.24. The van der Waals surface area contributed by atoms with E-state index in [-0.39, 0.29) is 29.9 Å². The van der Waals surface area contributed by atoms with Gasteiger partial charge in [-0.25, -0.2) is 0 Å². The van der Waals surface area contributed by atoms with Gasteiger partial charge in [0.25, 0.3) is 0 Å². The fourth-order valence-corrected chi connectivity index (χ4v) is 2.91. The number of phenolic OH excluding ortho intramolecular Hbond substituents is 1. The summed E-state index contributed by atoms with van der Waals surface area (Å²) in [7, 11) is 0. The molecule has 0 aliphatic carbocycles. The minimum atomic E-state index is 0.108. The number of hydrogen-bond acceptors (Lipinski definition) is 14. The van der Waals surface area contributed by atoms with Gasteiger partial charge in [0, 0.05) is 17.0 Å².